The summed E-state index contributed by atoms with van der Waals surface area (Å²) in [4.78, 5) is 0. The van der Waals surface area contributed by atoms with Crippen molar-refractivity contribution in [1.82, 2.24) is 0 Å². The molecule has 4 N–H and O–H groups in total. The fourth-order valence-corrected chi connectivity index (χ4v) is 3.07. The molecular weight excluding hydrogens is 316 g/mol. The zero-order valence-electron chi connectivity index (χ0n) is 12.5. The van der Waals surface area contributed by atoms with E-state index in [2.05, 4.69) is 12.6 Å². The molecule has 0 radical (unpaired) electrons. The summed E-state index contributed by atoms with van der Waals surface area (Å²) in [5.74, 6) is 0. The summed E-state index contributed by atoms with van der Waals surface area (Å²) in [6.45, 7) is 1.43. The van der Waals surface area contributed by atoms with Gasteiger partial charge in [0.05, 0.1) is 24.1 Å². The smallest absolute Gasteiger partial charge is 0.186 e. The Kier molecular flexibility index (Phi) is 6.46. The Morgan fingerprint density at radius 1 is 1.00 bits per heavy atom. The SMILES string of the molecule is CC[C@H]1O[C@H](O[C@H]2[C@H](O)[C@H](O)[C@@H](OC)O[C@@H]2CO)[C@H](S)[C@H]1O. The standard InChI is InChI=1S/C13H24O8S/c1-3-5-7(15)11(22)13(19-5)21-10-6(4-14)20-12(18-2)9(17)8(10)16/h5-17,22H,3-4H2,1-2H3/t5-,6-,7+,8-,9+,10-,11-,12+,13-/m1/s1. The molecule has 0 aromatic heterocycles. The summed E-state index contributed by atoms with van der Waals surface area (Å²) in [5, 5.41) is 38.9. The van der Waals surface area contributed by atoms with Gasteiger partial charge in [0.25, 0.3) is 0 Å². The van der Waals surface area contributed by atoms with Gasteiger partial charge in [-0.15, -0.1) is 0 Å². The number of thiol groups is 1. The van der Waals surface area contributed by atoms with Crippen LogP contribution in [-0.2, 0) is 18.9 Å². The van der Waals surface area contributed by atoms with Crippen molar-refractivity contribution in [2.24, 2.45) is 0 Å². The Hall–Kier alpha value is 0.0300. The third kappa shape index (κ3) is 3.42. The van der Waals surface area contributed by atoms with Gasteiger partial charge in [0.15, 0.2) is 12.6 Å². The number of ether oxygens (including phenoxy) is 4. The molecule has 2 heterocycles. The first kappa shape index (κ1) is 18.4. The fourth-order valence-electron chi connectivity index (χ4n) is 2.73. The lowest BCUT2D eigenvalue weighted by Gasteiger charge is -2.42. The third-order valence-corrected chi connectivity index (χ3v) is 4.61. The molecule has 2 saturated heterocycles. The predicted octanol–water partition coefficient (Wildman–Crippen LogP) is -1.75. The molecular formula is C13H24O8S. The van der Waals surface area contributed by atoms with Gasteiger partial charge >= 0.3 is 0 Å². The van der Waals surface area contributed by atoms with Crippen LogP contribution in [0.3, 0.4) is 0 Å². The summed E-state index contributed by atoms with van der Waals surface area (Å²) >= 11 is 4.27. The van der Waals surface area contributed by atoms with Crippen LogP contribution < -0.4 is 0 Å². The lowest BCUT2D eigenvalue weighted by Crippen LogP contribution is -2.60. The van der Waals surface area contributed by atoms with Crippen LogP contribution in [-0.4, -0.2) is 88.6 Å². The van der Waals surface area contributed by atoms with Crippen LogP contribution in [0.5, 0.6) is 0 Å². The average molecular weight is 340 g/mol. The Morgan fingerprint density at radius 2 is 1.64 bits per heavy atom. The first-order valence-corrected chi connectivity index (χ1v) is 7.78. The van der Waals surface area contributed by atoms with E-state index in [9.17, 15) is 20.4 Å². The minimum absolute atomic E-state index is 0.418. The molecule has 0 bridgehead atoms. The van der Waals surface area contributed by atoms with Crippen molar-refractivity contribution >= 4 is 12.6 Å². The Balaban J connectivity index is 2.07. The van der Waals surface area contributed by atoms with Gasteiger partial charge in [-0.05, 0) is 6.42 Å². The second-order valence-electron chi connectivity index (χ2n) is 5.48. The molecule has 0 saturated carbocycles. The summed E-state index contributed by atoms with van der Waals surface area (Å²) in [5.41, 5.74) is 0. The highest BCUT2D eigenvalue weighted by atomic mass is 32.1. The second kappa shape index (κ2) is 7.73. The van der Waals surface area contributed by atoms with Crippen LogP contribution >= 0.6 is 12.6 Å². The first-order chi connectivity index (χ1) is 10.4. The van der Waals surface area contributed by atoms with Crippen LogP contribution in [0.2, 0.25) is 0 Å². The van der Waals surface area contributed by atoms with Gasteiger partial charge in [0.2, 0.25) is 0 Å². The summed E-state index contributed by atoms with van der Waals surface area (Å²) in [7, 11) is 1.32. The molecule has 9 heteroatoms. The highest BCUT2D eigenvalue weighted by Gasteiger charge is 2.49. The summed E-state index contributed by atoms with van der Waals surface area (Å²) in [6, 6.07) is 0. The van der Waals surface area contributed by atoms with Gasteiger partial charge in [-0.3, -0.25) is 0 Å². The van der Waals surface area contributed by atoms with Crippen molar-refractivity contribution in [3.63, 3.8) is 0 Å². The van der Waals surface area contributed by atoms with Crippen molar-refractivity contribution in [2.45, 2.75) is 67.8 Å². The van der Waals surface area contributed by atoms with Crippen molar-refractivity contribution in [1.29, 1.82) is 0 Å². The molecule has 2 aliphatic heterocycles. The zero-order chi connectivity index (χ0) is 16.4. The van der Waals surface area contributed by atoms with Crippen LogP contribution in [0.15, 0.2) is 0 Å². The van der Waals surface area contributed by atoms with Crippen LogP contribution in [0.1, 0.15) is 13.3 Å². The van der Waals surface area contributed by atoms with Crippen LogP contribution in [0, 0.1) is 0 Å². The first-order valence-electron chi connectivity index (χ1n) is 7.26. The second-order valence-corrected chi connectivity index (χ2v) is 6.07. The number of methoxy groups -OCH3 is 1. The highest BCUT2D eigenvalue weighted by Crippen LogP contribution is 2.32. The molecule has 2 fully saturated rings. The van der Waals surface area contributed by atoms with Crippen LogP contribution in [0.25, 0.3) is 0 Å². The monoisotopic (exact) mass is 340 g/mol. The third-order valence-electron chi connectivity index (χ3n) is 4.07. The van der Waals surface area contributed by atoms with E-state index < -0.39 is 61.1 Å². The summed E-state index contributed by atoms with van der Waals surface area (Å²) < 4.78 is 21.5. The van der Waals surface area contributed by atoms with Gasteiger partial charge in [-0.25, -0.2) is 0 Å². The largest absolute Gasteiger partial charge is 0.394 e. The number of hydrogen-bond acceptors (Lipinski definition) is 9. The molecule has 0 unspecified atom stereocenters. The quantitative estimate of drug-likeness (QED) is 0.374. The molecule has 130 valence electrons. The Bertz CT molecular complexity index is 357. The molecule has 0 amide bonds. The average Bonchev–Trinajstić information content (AvgIpc) is 2.80. The van der Waals surface area contributed by atoms with E-state index in [1.54, 1.807) is 0 Å². The number of aliphatic hydroxyl groups is 4. The molecule has 0 aromatic rings. The maximum absolute atomic E-state index is 10.2. The number of aliphatic hydroxyl groups excluding tert-OH is 4. The van der Waals surface area contributed by atoms with Gasteiger partial charge < -0.3 is 39.4 Å². The molecule has 8 nitrogen and oxygen atoms in total. The lowest BCUT2D eigenvalue weighted by atomic mass is 9.99. The Morgan fingerprint density at radius 3 is 2.14 bits per heavy atom. The maximum Gasteiger partial charge on any atom is 0.186 e. The normalized spacial score (nSPS) is 49.5. The minimum atomic E-state index is -1.34. The summed E-state index contributed by atoms with van der Waals surface area (Å²) in [6.07, 6.45) is -7.17. The minimum Gasteiger partial charge on any atom is -0.394 e. The van der Waals surface area contributed by atoms with E-state index in [4.69, 9.17) is 18.9 Å². The van der Waals surface area contributed by atoms with E-state index >= 15 is 0 Å². The molecule has 0 spiro atoms. The Labute approximate surface area is 134 Å². The zero-order valence-corrected chi connectivity index (χ0v) is 13.4. The molecule has 22 heavy (non-hydrogen) atoms. The predicted molar refractivity (Wildman–Crippen MR) is 77.4 cm³/mol. The van der Waals surface area contributed by atoms with Gasteiger partial charge in [-0.1, -0.05) is 6.92 Å². The molecule has 9 atom stereocenters. The number of rotatable bonds is 5. The van der Waals surface area contributed by atoms with Crippen molar-refractivity contribution in [3.8, 4) is 0 Å². The molecule has 0 aliphatic carbocycles. The van der Waals surface area contributed by atoms with Gasteiger partial charge in [0, 0.05) is 7.11 Å². The van der Waals surface area contributed by atoms with Crippen LogP contribution in [0.4, 0.5) is 0 Å². The van der Waals surface area contributed by atoms with Crippen molar-refractivity contribution in [2.75, 3.05) is 13.7 Å². The maximum atomic E-state index is 10.2. The van der Waals surface area contributed by atoms with Gasteiger partial charge in [-0.2, -0.15) is 12.6 Å². The molecule has 2 aliphatic rings. The van der Waals surface area contributed by atoms with E-state index in [1.807, 2.05) is 6.92 Å². The molecule has 2 rings (SSSR count). The highest BCUT2D eigenvalue weighted by molar-refractivity contribution is 7.81. The van der Waals surface area contributed by atoms with Crippen molar-refractivity contribution in [3.05, 3.63) is 0 Å². The topological polar surface area (TPSA) is 118 Å². The van der Waals surface area contributed by atoms with E-state index in [0.29, 0.717) is 6.42 Å². The van der Waals surface area contributed by atoms with Gasteiger partial charge in [0.1, 0.15) is 24.4 Å². The fraction of sp³-hybridized carbons (Fsp3) is 1.00. The lowest BCUT2D eigenvalue weighted by molar-refractivity contribution is -0.320. The number of hydrogen-bond donors (Lipinski definition) is 5. The van der Waals surface area contributed by atoms with Crippen molar-refractivity contribution < 1.29 is 39.4 Å². The van der Waals surface area contributed by atoms with E-state index in [0.717, 1.165) is 0 Å². The molecule has 0 aromatic carbocycles. The van der Waals surface area contributed by atoms with E-state index in [1.165, 1.54) is 7.11 Å². The van der Waals surface area contributed by atoms with E-state index in [-0.39, 0.29) is 0 Å².